The lowest BCUT2D eigenvalue weighted by molar-refractivity contribution is -0.142. The molecule has 1 aromatic heterocycles. The van der Waals surface area contributed by atoms with E-state index in [1.807, 2.05) is 12.3 Å². The number of piperidine rings is 1. The molecule has 1 saturated heterocycles. The van der Waals surface area contributed by atoms with Gasteiger partial charge in [0.2, 0.25) is 11.7 Å². The zero-order valence-corrected chi connectivity index (χ0v) is 14.8. The van der Waals surface area contributed by atoms with Gasteiger partial charge in [0, 0.05) is 25.4 Å². The maximum absolute atomic E-state index is 12.4. The average molecular weight is 364 g/mol. The molecule has 1 fully saturated rings. The molecule has 1 aromatic rings. The Morgan fingerprint density at radius 2 is 2.12 bits per heavy atom. The van der Waals surface area contributed by atoms with E-state index < -0.39 is 35.8 Å². The van der Waals surface area contributed by atoms with Gasteiger partial charge < -0.3 is 25.7 Å². The number of carbonyl (C=O) groups excluding carboxylic acids is 4. The van der Waals surface area contributed by atoms with Gasteiger partial charge in [-0.05, 0) is 24.0 Å². The largest absolute Gasteiger partial charge is 0.449 e. The van der Waals surface area contributed by atoms with Gasteiger partial charge in [0.15, 0.2) is 0 Å². The molecule has 2 unspecified atom stereocenters. The number of ketones is 1. The fraction of sp³-hybridized carbons (Fsp3) is 0.529. The van der Waals surface area contributed by atoms with Crippen LogP contribution in [0.2, 0.25) is 0 Å². The minimum absolute atomic E-state index is 0.178. The molecule has 3 amide bonds. The minimum atomic E-state index is -0.871. The lowest BCUT2D eigenvalue weighted by Crippen LogP contribution is -2.58. The van der Waals surface area contributed by atoms with E-state index in [9.17, 15) is 19.2 Å². The average Bonchev–Trinajstić information content (AvgIpc) is 3.10. The smallest absolute Gasteiger partial charge is 0.407 e. The van der Waals surface area contributed by atoms with Crippen molar-refractivity contribution in [3.05, 3.63) is 24.0 Å². The molecule has 0 bridgehead atoms. The number of alkyl carbamates (subject to hydrolysis) is 1. The number of nitrogens with one attached hydrogen (secondary N) is 4. The number of aromatic amines is 1. The Hall–Kier alpha value is -2.84. The molecule has 2 heterocycles. The van der Waals surface area contributed by atoms with Crippen molar-refractivity contribution in [3.8, 4) is 0 Å². The maximum atomic E-state index is 12.4. The van der Waals surface area contributed by atoms with Gasteiger partial charge in [0.05, 0.1) is 12.6 Å². The van der Waals surface area contributed by atoms with Crippen LogP contribution < -0.4 is 16.0 Å². The molecule has 9 heteroatoms. The highest BCUT2D eigenvalue weighted by molar-refractivity contribution is 6.39. The van der Waals surface area contributed by atoms with Crippen LogP contribution in [0.5, 0.6) is 0 Å². The van der Waals surface area contributed by atoms with E-state index in [1.165, 1.54) is 0 Å². The van der Waals surface area contributed by atoms with E-state index in [0.717, 1.165) is 5.56 Å². The molecule has 2 atom stereocenters. The summed E-state index contributed by atoms with van der Waals surface area (Å²) in [5.74, 6) is -2.13. The molecule has 1 aliphatic rings. The van der Waals surface area contributed by atoms with E-state index >= 15 is 0 Å². The topological polar surface area (TPSA) is 129 Å². The number of hydrogen-bond donors (Lipinski definition) is 4. The second-order valence-corrected chi connectivity index (χ2v) is 6.44. The first-order valence-electron chi connectivity index (χ1n) is 8.56. The summed E-state index contributed by atoms with van der Waals surface area (Å²) in [5, 5.41) is 7.48. The third kappa shape index (κ3) is 5.33. The number of aromatic nitrogens is 1. The number of H-pyrrole nitrogens is 1. The molecule has 2 rings (SSSR count). The summed E-state index contributed by atoms with van der Waals surface area (Å²) >= 11 is 0. The fourth-order valence-corrected chi connectivity index (χ4v) is 2.58. The predicted octanol–water partition coefficient (Wildman–Crippen LogP) is -0.118. The Labute approximate surface area is 151 Å². The number of Topliss-reactive ketones (excluding diaryl/α,β-unsaturated/α-hetero) is 1. The Morgan fingerprint density at radius 1 is 1.35 bits per heavy atom. The fourth-order valence-electron chi connectivity index (χ4n) is 2.58. The monoisotopic (exact) mass is 364 g/mol. The maximum Gasteiger partial charge on any atom is 0.407 e. The van der Waals surface area contributed by atoms with Gasteiger partial charge in [-0.25, -0.2) is 4.79 Å². The van der Waals surface area contributed by atoms with Crippen LogP contribution in [0, 0.1) is 5.92 Å². The minimum Gasteiger partial charge on any atom is -0.449 e. The Kier molecular flexibility index (Phi) is 6.76. The van der Waals surface area contributed by atoms with Crippen molar-refractivity contribution in [1.29, 1.82) is 0 Å². The molecule has 26 heavy (non-hydrogen) atoms. The van der Waals surface area contributed by atoms with Crippen molar-refractivity contribution in [2.45, 2.75) is 38.8 Å². The zero-order chi connectivity index (χ0) is 19.1. The Bertz CT molecular complexity index is 656. The van der Waals surface area contributed by atoms with Gasteiger partial charge in [-0.15, -0.1) is 0 Å². The van der Waals surface area contributed by atoms with E-state index in [2.05, 4.69) is 20.9 Å². The van der Waals surface area contributed by atoms with Gasteiger partial charge in [-0.1, -0.05) is 13.8 Å². The van der Waals surface area contributed by atoms with E-state index in [4.69, 9.17) is 4.74 Å². The van der Waals surface area contributed by atoms with Crippen LogP contribution in [-0.2, 0) is 25.5 Å². The summed E-state index contributed by atoms with van der Waals surface area (Å²) in [4.78, 5) is 50.5. The third-order valence-electron chi connectivity index (χ3n) is 4.08. The first kappa shape index (κ1) is 19.5. The predicted molar refractivity (Wildman–Crippen MR) is 92.2 cm³/mol. The van der Waals surface area contributed by atoms with Crippen LogP contribution in [0.3, 0.4) is 0 Å². The summed E-state index contributed by atoms with van der Waals surface area (Å²) in [6.45, 7) is 4.02. The van der Waals surface area contributed by atoms with Crippen LogP contribution in [0.25, 0.3) is 0 Å². The summed E-state index contributed by atoms with van der Waals surface area (Å²) in [6, 6.07) is 0.139. The molecule has 1 aliphatic heterocycles. The van der Waals surface area contributed by atoms with Gasteiger partial charge >= 0.3 is 6.09 Å². The number of ether oxygens (including phenoxy) is 1. The standard InChI is InChI=1S/C17H24N4O5/c1-10(2)13(15(23)20-12-4-7-19-16(24)14(12)22)21-17(25)26-8-5-11-3-6-18-9-11/h3,6,9-10,12-13,18H,4-5,7-8H2,1-2H3,(H,19,24)(H,20,23)(H,21,25). The van der Waals surface area contributed by atoms with Crippen molar-refractivity contribution in [2.24, 2.45) is 5.92 Å². The lowest BCUT2D eigenvalue weighted by atomic mass is 10.0. The normalized spacial score (nSPS) is 18.2. The Morgan fingerprint density at radius 3 is 2.77 bits per heavy atom. The van der Waals surface area contributed by atoms with Gasteiger partial charge in [0.1, 0.15) is 6.04 Å². The molecule has 0 radical (unpaired) electrons. The van der Waals surface area contributed by atoms with E-state index in [-0.39, 0.29) is 12.5 Å². The van der Waals surface area contributed by atoms with E-state index in [0.29, 0.717) is 19.4 Å². The first-order chi connectivity index (χ1) is 12.4. The first-order valence-corrected chi connectivity index (χ1v) is 8.56. The molecule has 0 saturated carbocycles. The van der Waals surface area contributed by atoms with Crippen molar-refractivity contribution < 1.29 is 23.9 Å². The van der Waals surface area contributed by atoms with Gasteiger partial charge in [0.25, 0.3) is 5.91 Å². The lowest BCUT2D eigenvalue weighted by Gasteiger charge is -2.26. The highest BCUT2D eigenvalue weighted by atomic mass is 16.5. The van der Waals surface area contributed by atoms with Crippen molar-refractivity contribution in [3.63, 3.8) is 0 Å². The molecule has 9 nitrogen and oxygen atoms in total. The molecule has 0 aliphatic carbocycles. The van der Waals surface area contributed by atoms with Crippen LogP contribution in [0.15, 0.2) is 18.5 Å². The molecule has 0 spiro atoms. The summed E-state index contributed by atoms with van der Waals surface area (Å²) in [5.41, 5.74) is 1.00. The van der Waals surface area contributed by atoms with Crippen molar-refractivity contribution in [2.75, 3.05) is 13.2 Å². The van der Waals surface area contributed by atoms with Crippen LogP contribution in [0.1, 0.15) is 25.8 Å². The van der Waals surface area contributed by atoms with Gasteiger partial charge in [-0.3, -0.25) is 14.4 Å². The Balaban J connectivity index is 1.84. The number of amides is 3. The third-order valence-corrected chi connectivity index (χ3v) is 4.08. The van der Waals surface area contributed by atoms with Crippen LogP contribution in [-0.4, -0.2) is 53.9 Å². The van der Waals surface area contributed by atoms with Gasteiger partial charge in [-0.2, -0.15) is 0 Å². The van der Waals surface area contributed by atoms with Crippen LogP contribution >= 0.6 is 0 Å². The zero-order valence-electron chi connectivity index (χ0n) is 14.8. The second kappa shape index (κ2) is 9.02. The van der Waals surface area contributed by atoms with Crippen LogP contribution in [0.4, 0.5) is 4.79 Å². The van der Waals surface area contributed by atoms with Crippen molar-refractivity contribution >= 4 is 23.7 Å². The van der Waals surface area contributed by atoms with Crippen molar-refractivity contribution in [1.82, 2.24) is 20.9 Å². The molecule has 4 N–H and O–H groups in total. The quantitative estimate of drug-likeness (QED) is 0.501. The second-order valence-electron chi connectivity index (χ2n) is 6.44. The SMILES string of the molecule is CC(C)C(NC(=O)OCCc1cc[nH]c1)C(=O)NC1CCNC(=O)C1=O. The number of carbonyl (C=O) groups is 4. The molecular weight excluding hydrogens is 340 g/mol. The highest BCUT2D eigenvalue weighted by Crippen LogP contribution is 2.06. The molecule has 142 valence electrons. The molecular formula is C17H24N4O5. The summed E-state index contributed by atoms with van der Waals surface area (Å²) in [6.07, 6.45) is 3.76. The summed E-state index contributed by atoms with van der Waals surface area (Å²) < 4.78 is 5.10. The molecule has 0 aromatic carbocycles. The summed E-state index contributed by atoms with van der Waals surface area (Å²) in [7, 11) is 0. The number of rotatable bonds is 7. The highest BCUT2D eigenvalue weighted by Gasteiger charge is 2.33. The number of hydrogen-bond acceptors (Lipinski definition) is 5. The van der Waals surface area contributed by atoms with E-state index in [1.54, 1.807) is 20.0 Å².